The molecular weight excluding hydrogens is 290 g/mol. The number of likely N-dealkylation sites (tertiary alicyclic amines) is 1. The molecule has 1 aliphatic rings. The van der Waals surface area contributed by atoms with Gasteiger partial charge in [-0.15, -0.1) is 0 Å². The van der Waals surface area contributed by atoms with E-state index in [4.69, 9.17) is 4.74 Å². The Morgan fingerprint density at radius 2 is 2.33 bits per heavy atom. The Balaban J connectivity index is 2.13. The van der Waals surface area contributed by atoms with Crippen molar-refractivity contribution in [2.45, 2.75) is 25.7 Å². The molecule has 21 heavy (non-hydrogen) atoms. The summed E-state index contributed by atoms with van der Waals surface area (Å²) in [7, 11) is 1.50. The normalized spacial score (nSPS) is 23.8. The predicted octanol–water partition coefficient (Wildman–Crippen LogP) is 2.19. The largest absolute Gasteiger partial charge is 0.481 e. The first-order valence-corrected chi connectivity index (χ1v) is 7.98. The number of rotatable bonds is 5. The van der Waals surface area contributed by atoms with Crippen LogP contribution in [-0.4, -0.2) is 48.7 Å². The van der Waals surface area contributed by atoms with Gasteiger partial charge in [0.15, 0.2) is 0 Å². The maximum atomic E-state index is 12.6. The molecular formula is C15H21NO4S. The zero-order valence-corrected chi connectivity index (χ0v) is 13.2. The standard InChI is InChI=1S/C15H21NO4S/c1-11(12-4-7-21-8-12)13(17)16-6-3-5-15(9-16,10-20-2)14(18)19/h4,7-8,11H,3,5-6,9-10H2,1-2H3,(H,18,19). The van der Waals surface area contributed by atoms with E-state index < -0.39 is 11.4 Å². The summed E-state index contributed by atoms with van der Waals surface area (Å²) in [4.78, 5) is 25.9. The fraction of sp³-hybridized carbons (Fsp3) is 0.600. The number of piperidine rings is 1. The summed E-state index contributed by atoms with van der Waals surface area (Å²) in [5.41, 5.74) is 0.0139. The highest BCUT2D eigenvalue weighted by atomic mass is 32.1. The second-order valence-corrected chi connectivity index (χ2v) is 6.44. The quantitative estimate of drug-likeness (QED) is 0.905. The van der Waals surface area contributed by atoms with Crippen LogP contribution in [0.25, 0.3) is 0 Å². The Hall–Kier alpha value is -1.40. The molecule has 2 heterocycles. The zero-order valence-electron chi connectivity index (χ0n) is 12.4. The lowest BCUT2D eigenvalue weighted by molar-refractivity contribution is -0.159. The third-order valence-electron chi connectivity index (χ3n) is 4.18. The van der Waals surface area contributed by atoms with Crippen molar-refractivity contribution in [1.29, 1.82) is 0 Å². The Kier molecular flexibility index (Phi) is 5.00. The first-order valence-electron chi connectivity index (χ1n) is 7.03. The van der Waals surface area contributed by atoms with E-state index in [1.165, 1.54) is 7.11 Å². The average molecular weight is 311 g/mol. The molecule has 1 aromatic heterocycles. The Morgan fingerprint density at radius 3 is 2.90 bits per heavy atom. The number of carbonyl (C=O) groups is 2. The van der Waals surface area contributed by atoms with Gasteiger partial charge in [0.25, 0.3) is 0 Å². The number of ether oxygens (including phenoxy) is 1. The van der Waals surface area contributed by atoms with E-state index in [9.17, 15) is 14.7 Å². The van der Waals surface area contributed by atoms with Gasteiger partial charge in [-0.1, -0.05) is 0 Å². The minimum Gasteiger partial charge on any atom is -0.481 e. The molecule has 1 saturated heterocycles. The second-order valence-electron chi connectivity index (χ2n) is 5.66. The van der Waals surface area contributed by atoms with E-state index >= 15 is 0 Å². The van der Waals surface area contributed by atoms with Crippen molar-refractivity contribution in [2.75, 3.05) is 26.8 Å². The molecule has 0 aromatic carbocycles. The van der Waals surface area contributed by atoms with Crippen LogP contribution >= 0.6 is 11.3 Å². The number of carboxylic acid groups (broad SMARTS) is 1. The third kappa shape index (κ3) is 3.27. The first-order chi connectivity index (χ1) is 10.00. The van der Waals surface area contributed by atoms with Crippen LogP contribution in [0, 0.1) is 5.41 Å². The van der Waals surface area contributed by atoms with Gasteiger partial charge in [0.05, 0.1) is 12.5 Å². The lowest BCUT2D eigenvalue weighted by Gasteiger charge is -2.40. The van der Waals surface area contributed by atoms with Gasteiger partial charge in [0.1, 0.15) is 5.41 Å². The van der Waals surface area contributed by atoms with Crippen LogP contribution in [-0.2, 0) is 14.3 Å². The molecule has 1 amide bonds. The number of carboxylic acids is 1. The van der Waals surface area contributed by atoms with Crippen LogP contribution in [0.15, 0.2) is 16.8 Å². The highest BCUT2D eigenvalue weighted by molar-refractivity contribution is 7.08. The zero-order chi connectivity index (χ0) is 15.5. The number of hydrogen-bond donors (Lipinski definition) is 1. The molecule has 1 aromatic rings. The fourth-order valence-electron chi connectivity index (χ4n) is 2.89. The minimum absolute atomic E-state index is 0.00479. The molecule has 2 atom stereocenters. The summed E-state index contributed by atoms with van der Waals surface area (Å²) in [6.45, 7) is 2.85. The van der Waals surface area contributed by atoms with E-state index in [1.54, 1.807) is 16.2 Å². The summed E-state index contributed by atoms with van der Waals surface area (Å²) in [6.07, 6.45) is 1.24. The molecule has 1 fully saturated rings. The predicted molar refractivity (Wildman–Crippen MR) is 80.5 cm³/mol. The summed E-state index contributed by atoms with van der Waals surface area (Å²) in [5, 5.41) is 13.4. The Labute approximate surface area is 128 Å². The van der Waals surface area contributed by atoms with Crippen LogP contribution in [0.5, 0.6) is 0 Å². The van der Waals surface area contributed by atoms with Crippen LogP contribution in [0.2, 0.25) is 0 Å². The molecule has 0 saturated carbocycles. The van der Waals surface area contributed by atoms with Gasteiger partial charge >= 0.3 is 5.97 Å². The number of hydrogen-bond acceptors (Lipinski definition) is 4. The van der Waals surface area contributed by atoms with E-state index in [2.05, 4.69) is 0 Å². The average Bonchev–Trinajstić information content (AvgIpc) is 3.00. The lowest BCUT2D eigenvalue weighted by Crippen LogP contribution is -2.52. The van der Waals surface area contributed by atoms with Gasteiger partial charge in [-0.25, -0.2) is 0 Å². The number of amides is 1. The summed E-state index contributed by atoms with van der Waals surface area (Å²) < 4.78 is 5.09. The molecule has 5 nitrogen and oxygen atoms in total. The van der Waals surface area contributed by atoms with Crippen molar-refractivity contribution in [1.82, 2.24) is 4.90 Å². The molecule has 116 valence electrons. The maximum absolute atomic E-state index is 12.6. The van der Waals surface area contributed by atoms with E-state index in [1.807, 2.05) is 23.8 Å². The minimum atomic E-state index is -0.975. The van der Waals surface area contributed by atoms with Crippen LogP contribution in [0.3, 0.4) is 0 Å². The molecule has 2 rings (SSSR count). The van der Waals surface area contributed by atoms with Crippen molar-refractivity contribution in [3.63, 3.8) is 0 Å². The third-order valence-corrected chi connectivity index (χ3v) is 4.88. The number of aliphatic carboxylic acids is 1. The van der Waals surface area contributed by atoms with Gasteiger partial charge in [0, 0.05) is 20.2 Å². The number of thiophene rings is 1. The van der Waals surface area contributed by atoms with Gasteiger partial charge < -0.3 is 14.7 Å². The monoisotopic (exact) mass is 311 g/mol. The van der Waals surface area contributed by atoms with Crippen LogP contribution in [0.4, 0.5) is 0 Å². The number of methoxy groups -OCH3 is 1. The molecule has 2 unspecified atom stereocenters. The summed E-state index contributed by atoms with van der Waals surface area (Å²) in [6, 6.07) is 1.94. The van der Waals surface area contributed by atoms with E-state index in [-0.39, 0.29) is 25.0 Å². The number of carbonyl (C=O) groups excluding carboxylic acids is 1. The highest BCUT2D eigenvalue weighted by Gasteiger charge is 2.44. The summed E-state index contributed by atoms with van der Waals surface area (Å²) in [5.74, 6) is -1.12. The number of nitrogens with zero attached hydrogens (tertiary/aromatic N) is 1. The molecule has 6 heteroatoms. The van der Waals surface area contributed by atoms with Crippen LogP contribution in [0.1, 0.15) is 31.2 Å². The van der Waals surface area contributed by atoms with Gasteiger partial charge in [-0.3, -0.25) is 9.59 Å². The highest BCUT2D eigenvalue weighted by Crippen LogP contribution is 2.32. The Morgan fingerprint density at radius 1 is 1.57 bits per heavy atom. The first kappa shape index (κ1) is 16.0. The van der Waals surface area contributed by atoms with Crippen molar-refractivity contribution in [3.8, 4) is 0 Å². The second kappa shape index (κ2) is 6.58. The maximum Gasteiger partial charge on any atom is 0.313 e. The van der Waals surface area contributed by atoms with Crippen LogP contribution < -0.4 is 0 Å². The molecule has 0 spiro atoms. The molecule has 0 aliphatic carbocycles. The van der Waals surface area contributed by atoms with Crippen molar-refractivity contribution in [2.24, 2.45) is 5.41 Å². The molecule has 0 bridgehead atoms. The van der Waals surface area contributed by atoms with Gasteiger partial charge in [0.2, 0.25) is 5.91 Å². The van der Waals surface area contributed by atoms with Gasteiger partial charge in [-0.2, -0.15) is 11.3 Å². The Bertz CT molecular complexity index is 498. The molecule has 0 radical (unpaired) electrons. The summed E-state index contributed by atoms with van der Waals surface area (Å²) >= 11 is 1.56. The molecule has 1 N–H and O–H groups in total. The SMILES string of the molecule is COCC1(C(=O)O)CCCN(C(=O)C(C)c2ccsc2)C1. The van der Waals surface area contributed by atoms with Crippen molar-refractivity contribution >= 4 is 23.2 Å². The van der Waals surface area contributed by atoms with Gasteiger partial charge in [-0.05, 0) is 42.2 Å². The lowest BCUT2D eigenvalue weighted by atomic mass is 9.80. The van der Waals surface area contributed by atoms with Crippen molar-refractivity contribution in [3.05, 3.63) is 22.4 Å². The fourth-order valence-corrected chi connectivity index (χ4v) is 3.64. The molecule has 1 aliphatic heterocycles. The van der Waals surface area contributed by atoms with E-state index in [0.29, 0.717) is 19.4 Å². The van der Waals surface area contributed by atoms with Crippen molar-refractivity contribution < 1.29 is 19.4 Å². The van der Waals surface area contributed by atoms with E-state index in [0.717, 1.165) is 5.56 Å². The topological polar surface area (TPSA) is 66.8 Å². The smallest absolute Gasteiger partial charge is 0.313 e.